The summed E-state index contributed by atoms with van der Waals surface area (Å²) in [4.78, 5) is 40.1. The molecule has 1 aliphatic rings. The van der Waals surface area contributed by atoms with Crippen LogP contribution in [0.1, 0.15) is 37.8 Å². The zero-order chi connectivity index (χ0) is 22.0. The highest BCUT2D eigenvalue weighted by molar-refractivity contribution is 6.37. The highest BCUT2D eigenvalue weighted by Crippen LogP contribution is 2.34. The molecular weight excluding hydrogens is 406 g/mol. The van der Waals surface area contributed by atoms with Crippen LogP contribution in [0.15, 0.2) is 30.5 Å². The summed E-state index contributed by atoms with van der Waals surface area (Å²) in [7, 11) is 0. The number of benzene rings is 1. The topological polar surface area (TPSA) is 93.9 Å². The van der Waals surface area contributed by atoms with Crippen molar-refractivity contribution in [1.82, 2.24) is 24.7 Å². The molecule has 31 heavy (non-hydrogen) atoms. The van der Waals surface area contributed by atoms with E-state index >= 15 is 0 Å². The fourth-order valence-corrected chi connectivity index (χ4v) is 3.76. The number of anilines is 1. The second-order valence-electron chi connectivity index (χ2n) is 7.24. The molecule has 4 aromatic rings. The minimum Gasteiger partial charge on any atom is -0.268 e. The molecule has 2 amide bonds. The SMILES string of the molecule is Cc1cc(C)nc(-n2nc(C)c3c4c(cnc32)C(=O)N(c2ccc(F)c(F)c2)C4=O)n1. The third kappa shape index (κ3) is 2.71. The number of fused-ring (bicyclic) bond motifs is 3. The molecule has 10 heteroatoms. The van der Waals surface area contributed by atoms with E-state index in [0.717, 1.165) is 28.4 Å². The molecule has 0 bridgehead atoms. The summed E-state index contributed by atoms with van der Waals surface area (Å²) < 4.78 is 28.5. The normalized spacial score (nSPS) is 13.4. The first-order valence-electron chi connectivity index (χ1n) is 9.31. The van der Waals surface area contributed by atoms with E-state index in [0.29, 0.717) is 16.7 Å². The summed E-state index contributed by atoms with van der Waals surface area (Å²) in [6.07, 6.45) is 1.28. The van der Waals surface area contributed by atoms with Crippen LogP contribution >= 0.6 is 0 Å². The zero-order valence-corrected chi connectivity index (χ0v) is 16.6. The summed E-state index contributed by atoms with van der Waals surface area (Å²) in [5.74, 6) is -3.28. The number of hydrogen-bond acceptors (Lipinski definition) is 6. The Morgan fingerprint density at radius 1 is 0.903 bits per heavy atom. The molecule has 1 aliphatic heterocycles. The van der Waals surface area contributed by atoms with Crippen LogP contribution in [0.25, 0.3) is 17.0 Å². The van der Waals surface area contributed by atoms with Crippen LogP contribution in [0.3, 0.4) is 0 Å². The van der Waals surface area contributed by atoms with Gasteiger partial charge in [-0.3, -0.25) is 9.59 Å². The lowest BCUT2D eigenvalue weighted by molar-refractivity contribution is 0.0926. The Hall–Kier alpha value is -4.08. The van der Waals surface area contributed by atoms with Gasteiger partial charge >= 0.3 is 0 Å². The molecule has 1 aromatic carbocycles. The van der Waals surface area contributed by atoms with Gasteiger partial charge in [-0.25, -0.2) is 28.6 Å². The number of rotatable bonds is 2. The third-order valence-electron chi connectivity index (χ3n) is 5.04. The van der Waals surface area contributed by atoms with Gasteiger partial charge in [0.05, 0.1) is 27.9 Å². The van der Waals surface area contributed by atoms with Crippen molar-refractivity contribution < 1.29 is 18.4 Å². The first-order chi connectivity index (χ1) is 14.8. The van der Waals surface area contributed by atoms with Crippen LogP contribution in [-0.2, 0) is 0 Å². The number of aromatic nitrogens is 5. The zero-order valence-electron chi connectivity index (χ0n) is 16.6. The molecule has 0 atom stereocenters. The molecule has 0 saturated heterocycles. The first-order valence-corrected chi connectivity index (χ1v) is 9.31. The van der Waals surface area contributed by atoms with E-state index in [4.69, 9.17) is 0 Å². The van der Waals surface area contributed by atoms with Gasteiger partial charge in [-0.15, -0.1) is 0 Å². The number of aryl methyl sites for hydroxylation is 3. The van der Waals surface area contributed by atoms with Gasteiger partial charge in [-0.2, -0.15) is 9.78 Å². The van der Waals surface area contributed by atoms with Crippen molar-refractivity contribution in [3.8, 4) is 5.95 Å². The van der Waals surface area contributed by atoms with E-state index < -0.39 is 23.4 Å². The average Bonchev–Trinajstić information content (AvgIpc) is 3.18. The minimum absolute atomic E-state index is 0.0613. The molecule has 8 nitrogen and oxygen atoms in total. The smallest absolute Gasteiger partial charge is 0.267 e. The maximum Gasteiger partial charge on any atom is 0.267 e. The summed E-state index contributed by atoms with van der Waals surface area (Å²) in [6, 6.07) is 4.66. The molecule has 0 unspecified atom stereocenters. The number of hydrogen-bond donors (Lipinski definition) is 0. The Balaban J connectivity index is 1.71. The van der Waals surface area contributed by atoms with Crippen molar-refractivity contribution in [3.05, 3.63) is 70.3 Å². The second-order valence-corrected chi connectivity index (χ2v) is 7.24. The number of carbonyl (C=O) groups is 2. The average molecular weight is 420 g/mol. The molecule has 0 radical (unpaired) electrons. The van der Waals surface area contributed by atoms with Crippen molar-refractivity contribution in [1.29, 1.82) is 0 Å². The summed E-state index contributed by atoms with van der Waals surface area (Å²) in [5, 5.41) is 4.82. The Morgan fingerprint density at radius 3 is 2.29 bits per heavy atom. The monoisotopic (exact) mass is 420 g/mol. The molecule has 0 fully saturated rings. The van der Waals surface area contributed by atoms with Crippen LogP contribution in [0, 0.1) is 32.4 Å². The number of pyridine rings is 1. The van der Waals surface area contributed by atoms with Gasteiger partial charge in [0.15, 0.2) is 17.3 Å². The highest BCUT2D eigenvalue weighted by Gasteiger charge is 2.40. The van der Waals surface area contributed by atoms with Crippen LogP contribution in [0.4, 0.5) is 14.5 Å². The Morgan fingerprint density at radius 2 is 1.61 bits per heavy atom. The van der Waals surface area contributed by atoms with Gasteiger partial charge in [0, 0.05) is 23.7 Å². The number of halogens is 2. The van der Waals surface area contributed by atoms with E-state index in [9.17, 15) is 18.4 Å². The Labute approximate surface area is 174 Å². The maximum atomic E-state index is 13.7. The number of carbonyl (C=O) groups excluding carboxylic acids is 2. The van der Waals surface area contributed by atoms with E-state index in [2.05, 4.69) is 20.1 Å². The van der Waals surface area contributed by atoms with Crippen LogP contribution in [-0.4, -0.2) is 36.5 Å². The largest absolute Gasteiger partial charge is 0.268 e. The molecule has 0 N–H and O–H groups in total. The molecular formula is C21H14F2N6O2. The van der Waals surface area contributed by atoms with Gasteiger partial charge in [0.2, 0.25) is 0 Å². The molecule has 0 saturated carbocycles. The standard InChI is InChI=1S/C21H14F2N6O2/c1-9-6-10(2)26-21(25-9)29-18-16(11(3)27-29)17-13(8-24-18)19(30)28(20(17)31)12-4-5-14(22)15(23)7-12/h4-8H,1-3H3. The van der Waals surface area contributed by atoms with Crippen LogP contribution in [0.2, 0.25) is 0 Å². The van der Waals surface area contributed by atoms with Gasteiger partial charge in [-0.05, 0) is 39.0 Å². The van der Waals surface area contributed by atoms with Crippen LogP contribution in [0.5, 0.6) is 0 Å². The van der Waals surface area contributed by atoms with E-state index in [1.807, 2.05) is 19.9 Å². The summed E-state index contributed by atoms with van der Waals surface area (Å²) in [5.41, 5.74) is 2.34. The van der Waals surface area contributed by atoms with E-state index in [1.165, 1.54) is 16.9 Å². The summed E-state index contributed by atoms with van der Waals surface area (Å²) in [6.45, 7) is 5.33. The molecule has 0 aliphatic carbocycles. The first kappa shape index (κ1) is 18.9. The Kier molecular flexibility index (Phi) is 3.94. The number of imide groups is 1. The van der Waals surface area contributed by atoms with Crippen molar-refractivity contribution in [2.75, 3.05) is 4.90 Å². The van der Waals surface area contributed by atoms with Gasteiger partial charge in [0.1, 0.15) is 0 Å². The van der Waals surface area contributed by atoms with Crippen molar-refractivity contribution in [2.45, 2.75) is 20.8 Å². The lowest BCUT2D eigenvalue weighted by Crippen LogP contribution is -2.29. The number of amides is 2. The third-order valence-corrected chi connectivity index (χ3v) is 5.04. The second kappa shape index (κ2) is 6.46. The molecule has 5 rings (SSSR count). The molecule has 154 valence electrons. The fourth-order valence-electron chi connectivity index (χ4n) is 3.76. The lowest BCUT2D eigenvalue weighted by atomic mass is 10.1. The van der Waals surface area contributed by atoms with Gasteiger partial charge < -0.3 is 0 Å². The van der Waals surface area contributed by atoms with E-state index in [-0.39, 0.29) is 22.8 Å². The molecule has 3 aromatic heterocycles. The van der Waals surface area contributed by atoms with E-state index in [1.54, 1.807) is 6.92 Å². The fraction of sp³-hybridized carbons (Fsp3) is 0.143. The lowest BCUT2D eigenvalue weighted by Gasteiger charge is -2.13. The van der Waals surface area contributed by atoms with Gasteiger partial charge in [-0.1, -0.05) is 0 Å². The van der Waals surface area contributed by atoms with Crippen molar-refractivity contribution >= 4 is 28.5 Å². The predicted octanol–water partition coefficient (Wildman–Crippen LogP) is 3.21. The van der Waals surface area contributed by atoms with Gasteiger partial charge in [0.25, 0.3) is 17.8 Å². The Bertz CT molecular complexity index is 1430. The predicted molar refractivity (Wildman–Crippen MR) is 106 cm³/mol. The maximum absolute atomic E-state index is 13.7. The molecule has 0 spiro atoms. The molecule has 4 heterocycles. The number of nitrogens with zero attached hydrogens (tertiary/aromatic N) is 6. The van der Waals surface area contributed by atoms with Crippen molar-refractivity contribution in [3.63, 3.8) is 0 Å². The quantitative estimate of drug-likeness (QED) is 0.462. The van der Waals surface area contributed by atoms with Crippen molar-refractivity contribution in [2.24, 2.45) is 0 Å². The van der Waals surface area contributed by atoms with Crippen LogP contribution < -0.4 is 4.90 Å². The summed E-state index contributed by atoms with van der Waals surface area (Å²) >= 11 is 0. The highest BCUT2D eigenvalue weighted by atomic mass is 19.2. The minimum atomic E-state index is -1.16.